The maximum Gasteiger partial charge on any atom is 0.407 e. The fourth-order valence-corrected chi connectivity index (χ4v) is 1.76. The topological polar surface area (TPSA) is 49.8 Å². The van der Waals surface area contributed by atoms with Gasteiger partial charge in [-0.2, -0.15) is 0 Å². The Morgan fingerprint density at radius 1 is 1.69 bits per heavy atom. The molecule has 4 nitrogen and oxygen atoms in total. The molecule has 0 aromatic rings. The lowest BCUT2D eigenvalue weighted by Crippen LogP contribution is -2.39. The number of piperidine rings is 1. The highest BCUT2D eigenvalue weighted by atomic mass is 16.5. The molecule has 0 spiro atoms. The van der Waals surface area contributed by atoms with E-state index in [1.165, 1.54) is 4.90 Å². The van der Waals surface area contributed by atoms with Crippen molar-refractivity contribution in [2.75, 3.05) is 26.8 Å². The Bertz CT molecular complexity index is 172. The number of amides is 1. The molecule has 1 amide bonds. The number of hydrogen-bond acceptors (Lipinski definition) is 2. The van der Waals surface area contributed by atoms with E-state index in [0.29, 0.717) is 19.0 Å². The quantitative estimate of drug-likeness (QED) is 0.726. The summed E-state index contributed by atoms with van der Waals surface area (Å²) >= 11 is 0. The van der Waals surface area contributed by atoms with Gasteiger partial charge in [-0.05, 0) is 25.2 Å². The Hall–Kier alpha value is -0.770. The molecule has 1 aliphatic rings. The Morgan fingerprint density at radius 2 is 2.46 bits per heavy atom. The first-order valence-electron chi connectivity index (χ1n) is 4.71. The van der Waals surface area contributed by atoms with Crippen LogP contribution in [-0.2, 0) is 4.74 Å². The van der Waals surface area contributed by atoms with Gasteiger partial charge in [0.15, 0.2) is 0 Å². The molecular weight excluding hydrogens is 170 g/mol. The predicted molar refractivity (Wildman–Crippen MR) is 48.8 cm³/mol. The molecular formula is C9H17NO3. The minimum absolute atomic E-state index is 0.491. The van der Waals surface area contributed by atoms with Gasteiger partial charge in [0, 0.05) is 26.8 Å². The van der Waals surface area contributed by atoms with Crippen LogP contribution in [0.4, 0.5) is 4.79 Å². The Kier molecular flexibility index (Phi) is 4.02. The molecule has 0 unspecified atom stereocenters. The van der Waals surface area contributed by atoms with E-state index in [0.717, 1.165) is 25.9 Å². The fraction of sp³-hybridized carbons (Fsp3) is 0.889. The Balaban J connectivity index is 2.29. The number of carboxylic acid groups (broad SMARTS) is 1. The largest absolute Gasteiger partial charge is 0.465 e. The second-order valence-corrected chi connectivity index (χ2v) is 3.52. The lowest BCUT2D eigenvalue weighted by Gasteiger charge is -2.30. The Morgan fingerprint density at radius 3 is 3.08 bits per heavy atom. The summed E-state index contributed by atoms with van der Waals surface area (Å²) in [5.41, 5.74) is 0. The number of likely N-dealkylation sites (tertiary alicyclic amines) is 1. The van der Waals surface area contributed by atoms with Gasteiger partial charge in [-0.15, -0.1) is 0 Å². The molecule has 1 saturated heterocycles. The van der Waals surface area contributed by atoms with Gasteiger partial charge in [0.25, 0.3) is 0 Å². The summed E-state index contributed by atoms with van der Waals surface area (Å²) in [6, 6.07) is 0. The van der Waals surface area contributed by atoms with Crippen LogP contribution < -0.4 is 0 Å². The number of rotatable bonds is 3. The minimum atomic E-state index is -0.790. The van der Waals surface area contributed by atoms with Crippen molar-refractivity contribution in [2.45, 2.75) is 19.3 Å². The standard InChI is InChI=1S/C9H17NO3/c1-13-6-4-8-3-2-5-10(7-8)9(11)12/h8H,2-7H2,1H3,(H,11,12)/t8-/m0/s1. The molecule has 0 aliphatic carbocycles. The number of carbonyl (C=O) groups is 1. The minimum Gasteiger partial charge on any atom is -0.465 e. The van der Waals surface area contributed by atoms with Crippen molar-refractivity contribution in [2.24, 2.45) is 5.92 Å². The number of nitrogens with zero attached hydrogens (tertiary/aromatic N) is 1. The van der Waals surface area contributed by atoms with E-state index in [2.05, 4.69) is 0 Å². The van der Waals surface area contributed by atoms with Crippen molar-refractivity contribution < 1.29 is 14.6 Å². The third-order valence-corrected chi connectivity index (χ3v) is 2.52. The zero-order chi connectivity index (χ0) is 9.68. The van der Waals surface area contributed by atoms with Gasteiger partial charge in [-0.3, -0.25) is 0 Å². The summed E-state index contributed by atoms with van der Waals surface area (Å²) in [4.78, 5) is 12.2. The van der Waals surface area contributed by atoms with Crippen LogP contribution in [0.2, 0.25) is 0 Å². The highest BCUT2D eigenvalue weighted by Gasteiger charge is 2.22. The molecule has 1 rings (SSSR count). The molecule has 1 atom stereocenters. The molecule has 1 heterocycles. The molecule has 1 aliphatic heterocycles. The normalized spacial score (nSPS) is 23.2. The van der Waals surface area contributed by atoms with Gasteiger partial charge >= 0.3 is 6.09 Å². The summed E-state index contributed by atoms with van der Waals surface area (Å²) in [5.74, 6) is 0.491. The van der Waals surface area contributed by atoms with E-state index >= 15 is 0 Å². The van der Waals surface area contributed by atoms with E-state index in [4.69, 9.17) is 9.84 Å². The van der Waals surface area contributed by atoms with Crippen LogP contribution in [0.25, 0.3) is 0 Å². The molecule has 76 valence electrons. The van der Waals surface area contributed by atoms with Gasteiger partial charge in [-0.1, -0.05) is 0 Å². The van der Waals surface area contributed by atoms with E-state index in [-0.39, 0.29) is 0 Å². The van der Waals surface area contributed by atoms with Crippen molar-refractivity contribution in [3.8, 4) is 0 Å². The molecule has 0 radical (unpaired) electrons. The van der Waals surface area contributed by atoms with E-state index in [1.54, 1.807) is 7.11 Å². The third-order valence-electron chi connectivity index (χ3n) is 2.52. The predicted octanol–water partition coefficient (Wildman–Crippen LogP) is 1.41. The van der Waals surface area contributed by atoms with Gasteiger partial charge in [-0.25, -0.2) is 4.79 Å². The smallest absolute Gasteiger partial charge is 0.407 e. The van der Waals surface area contributed by atoms with Crippen molar-refractivity contribution >= 4 is 6.09 Å². The van der Waals surface area contributed by atoms with Gasteiger partial charge in [0.1, 0.15) is 0 Å². The number of hydrogen-bond donors (Lipinski definition) is 1. The van der Waals surface area contributed by atoms with Gasteiger partial charge in [0.2, 0.25) is 0 Å². The zero-order valence-corrected chi connectivity index (χ0v) is 8.03. The van der Waals surface area contributed by atoms with Crippen molar-refractivity contribution in [1.29, 1.82) is 0 Å². The molecule has 0 saturated carbocycles. The van der Waals surface area contributed by atoms with E-state index < -0.39 is 6.09 Å². The maximum absolute atomic E-state index is 10.7. The third kappa shape index (κ3) is 3.22. The van der Waals surface area contributed by atoms with E-state index in [9.17, 15) is 4.79 Å². The first kappa shape index (κ1) is 10.3. The van der Waals surface area contributed by atoms with Crippen molar-refractivity contribution in [3.05, 3.63) is 0 Å². The molecule has 0 aromatic carbocycles. The lowest BCUT2D eigenvalue weighted by molar-refractivity contribution is 0.105. The van der Waals surface area contributed by atoms with Crippen LogP contribution in [-0.4, -0.2) is 42.9 Å². The maximum atomic E-state index is 10.7. The fourth-order valence-electron chi connectivity index (χ4n) is 1.76. The highest BCUT2D eigenvalue weighted by molar-refractivity contribution is 5.65. The summed E-state index contributed by atoms with van der Waals surface area (Å²) < 4.78 is 4.97. The zero-order valence-electron chi connectivity index (χ0n) is 8.03. The van der Waals surface area contributed by atoms with Crippen LogP contribution in [0.1, 0.15) is 19.3 Å². The second kappa shape index (κ2) is 5.07. The summed E-state index contributed by atoms with van der Waals surface area (Å²) in [7, 11) is 1.68. The molecule has 1 fully saturated rings. The van der Waals surface area contributed by atoms with Gasteiger partial charge in [0.05, 0.1) is 0 Å². The monoisotopic (exact) mass is 187 g/mol. The first-order chi connectivity index (χ1) is 6.24. The second-order valence-electron chi connectivity index (χ2n) is 3.52. The Labute approximate surface area is 78.5 Å². The van der Waals surface area contributed by atoms with E-state index in [1.807, 2.05) is 0 Å². The molecule has 0 bridgehead atoms. The lowest BCUT2D eigenvalue weighted by atomic mass is 9.95. The van der Waals surface area contributed by atoms with Crippen LogP contribution in [0.15, 0.2) is 0 Å². The number of methoxy groups -OCH3 is 1. The average Bonchev–Trinajstić information content (AvgIpc) is 2.15. The van der Waals surface area contributed by atoms with Crippen LogP contribution in [0.5, 0.6) is 0 Å². The SMILES string of the molecule is COCC[C@@H]1CCCN(C(=O)O)C1. The van der Waals surface area contributed by atoms with Crippen LogP contribution >= 0.6 is 0 Å². The van der Waals surface area contributed by atoms with Crippen LogP contribution in [0.3, 0.4) is 0 Å². The molecule has 13 heavy (non-hydrogen) atoms. The summed E-state index contributed by atoms with van der Waals surface area (Å²) in [6.45, 7) is 2.11. The van der Waals surface area contributed by atoms with Crippen molar-refractivity contribution in [3.63, 3.8) is 0 Å². The van der Waals surface area contributed by atoms with Crippen LogP contribution in [0, 0.1) is 5.92 Å². The van der Waals surface area contributed by atoms with Gasteiger partial charge < -0.3 is 14.7 Å². The first-order valence-corrected chi connectivity index (χ1v) is 4.71. The highest BCUT2D eigenvalue weighted by Crippen LogP contribution is 2.19. The molecule has 1 N–H and O–H groups in total. The number of ether oxygens (including phenoxy) is 1. The average molecular weight is 187 g/mol. The molecule has 4 heteroatoms. The summed E-state index contributed by atoms with van der Waals surface area (Å²) in [5, 5.41) is 8.78. The summed E-state index contributed by atoms with van der Waals surface area (Å²) in [6.07, 6.45) is 2.30. The molecule has 0 aromatic heterocycles. The van der Waals surface area contributed by atoms with Crippen molar-refractivity contribution in [1.82, 2.24) is 4.90 Å².